The lowest BCUT2D eigenvalue weighted by molar-refractivity contribution is -0.139. The highest BCUT2D eigenvalue weighted by atomic mass is 16.6. The molecule has 146 valence electrons. The molecular weight excluding hydrogens is 370 g/mol. The Bertz CT molecular complexity index is 1060. The fourth-order valence-electron chi connectivity index (χ4n) is 4.36. The van der Waals surface area contributed by atoms with Crippen molar-refractivity contribution in [2.45, 2.75) is 18.4 Å². The van der Waals surface area contributed by atoms with Gasteiger partial charge < -0.3 is 14.7 Å². The van der Waals surface area contributed by atoms with Crippen molar-refractivity contribution in [3.8, 4) is 11.1 Å². The molecule has 2 aliphatic rings. The summed E-state index contributed by atoms with van der Waals surface area (Å²) >= 11 is 0. The van der Waals surface area contributed by atoms with Gasteiger partial charge in [-0.05, 0) is 22.3 Å². The third-order valence-corrected chi connectivity index (χ3v) is 5.76. The zero-order valence-corrected chi connectivity index (χ0v) is 15.5. The molecule has 3 aromatic rings. The molecule has 0 saturated heterocycles. The number of hydrogen-bond acceptors (Lipinski definition) is 4. The van der Waals surface area contributed by atoms with E-state index >= 15 is 0 Å². The lowest BCUT2D eigenvalue weighted by Crippen LogP contribution is -2.41. The monoisotopic (exact) mass is 389 g/mol. The zero-order valence-electron chi connectivity index (χ0n) is 15.5. The van der Waals surface area contributed by atoms with E-state index in [1.165, 1.54) is 4.90 Å². The van der Waals surface area contributed by atoms with Crippen molar-refractivity contribution in [2.24, 2.45) is 0 Å². The van der Waals surface area contributed by atoms with Gasteiger partial charge in [-0.1, -0.05) is 48.5 Å². The molecule has 1 amide bonds. The highest BCUT2D eigenvalue weighted by molar-refractivity contribution is 5.80. The summed E-state index contributed by atoms with van der Waals surface area (Å²) in [6.07, 6.45) is 1.05. The highest BCUT2D eigenvalue weighted by Gasteiger charge is 2.36. The topological polar surface area (TPSA) is 95.5 Å². The van der Waals surface area contributed by atoms with Crippen LogP contribution in [-0.2, 0) is 16.1 Å². The summed E-state index contributed by atoms with van der Waals surface area (Å²) in [6.45, 7) is 0.548. The van der Waals surface area contributed by atoms with Crippen LogP contribution in [0.4, 0.5) is 4.79 Å². The van der Waals surface area contributed by atoms with Gasteiger partial charge in [-0.2, -0.15) is 5.10 Å². The SMILES string of the molecule is O=C(O)C1CN(C(=O)OCC2c3ccccc3-c3ccccc32)Cc2cn[nH]c21. The fraction of sp³-hybridized carbons (Fsp3) is 0.227. The minimum atomic E-state index is -0.994. The molecule has 0 saturated carbocycles. The number of carbonyl (C=O) groups excluding carboxylic acids is 1. The van der Waals surface area contributed by atoms with Gasteiger partial charge in [-0.3, -0.25) is 9.89 Å². The molecule has 0 bridgehead atoms. The van der Waals surface area contributed by atoms with Crippen LogP contribution in [0, 0.1) is 0 Å². The third-order valence-electron chi connectivity index (χ3n) is 5.76. The number of nitrogens with one attached hydrogen (secondary N) is 1. The number of rotatable bonds is 3. The summed E-state index contributed by atoms with van der Waals surface area (Å²) in [4.78, 5) is 25.8. The number of aliphatic carboxylic acids is 1. The molecule has 1 aromatic heterocycles. The molecule has 2 aromatic carbocycles. The minimum absolute atomic E-state index is 0.0316. The molecule has 29 heavy (non-hydrogen) atoms. The van der Waals surface area contributed by atoms with Crippen molar-refractivity contribution < 1.29 is 19.4 Å². The van der Waals surface area contributed by atoms with Crippen molar-refractivity contribution in [2.75, 3.05) is 13.2 Å². The van der Waals surface area contributed by atoms with Crippen molar-refractivity contribution in [3.05, 3.63) is 77.1 Å². The number of ether oxygens (including phenoxy) is 1. The summed E-state index contributed by atoms with van der Waals surface area (Å²) in [5.41, 5.74) is 5.87. The summed E-state index contributed by atoms with van der Waals surface area (Å²) in [5, 5.41) is 16.2. The number of aromatic nitrogens is 2. The number of fused-ring (bicyclic) bond motifs is 4. The van der Waals surface area contributed by atoms with Gasteiger partial charge in [-0.15, -0.1) is 0 Å². The standard InChI is InChI=1S/C22H19N3O4/c26-21(27)18-11-25(10-13-9-23-24-20(13)18)22(28)29-12-19-16-7-3-1-5-14(16)15-6-2-4-8-17(15)19/h1-9,18-19H,10-12H2,(H,23,24)(H,26,27). The molecule has 5 rings (SSSR count). The van der Waals surface area contributed by atoms with Crippen LogP contribution in [0.1, 0.15) is 34.2 Å². The maximum atomic E-state index is 12.8. The van der Waals surface area contributed by atoms with Crippen LogP contribution >= 0.6 is 0 Å². The van der Waals surface area contributed by atoms with E-state index < -0.39 is 18.0 Å². The van der Waals surface area contributed by atoms with Gasteiger partial charge >= 0.3 is 12.1 Å². The normalized spacial score (nSPS) is 17.4. The third kappa shape index (κ3) is 2.86. The maximum Gasteiger partial charge on any atom is 0.410 e. The molecule has 0 spiro atoms. The quantitative estimate of drug-likeness (QED) is 0.716. The number of benzene rings is 2. The largest absolute Gasteiger partial charge is 0.481 e. The van der Waals surface area contributed by atoms with E-state index in [4.69, 9.17) is 4.74 Å². The lowest BCUT2D eigenvalue weighted by atomic mass is 9.97. The van der Waals surface area contributed by atoms with Crippen molar-refractivity contribution in [3.63, 3.8) is 0 Å². The van der Waals surface area contributed by atoms with Crippen LogP contribution in [0.3, 0.4) is 0 Å². The average Bonchev–Trinajstić information content (AvgIpc) is 3.34. The molecule has 7 heteroatoms. The van der Waals surface area contributed by atoms with E-state index in [0.29, 0.717) is 11.3 Å². The second-order valence-corrected chi connectivity index (χ2v) is 7.38. The van der Waals surface area contributed by atoms with Crippen LogP contribution < -0.4 is 0 Å². The number of carboxylic acids is 1. The molecule has 0 fully saturated rings. The maximum absolute atomic E-state index is 12.8. The van der Waals surface area contributed by atoms with Crippen molar-refractivity contribution in [1.82, 2.24) is 15.1 Å². The van der Waals surface area contributed by atoms with Gasteiger partial charge in [0.15, 0.2) is 0 Å². The molecule has 1 aliphatic heterocycles. The number of hydrogen-bond donors (Lipinski definition) is 2. The van der Waals surface area contributed by atoms with Gasteiger partial charge in [0.25, 0.3) is 0 Å². The van der Waals surface area contributed by atoms with Crippen LogP contribution in [0.5, 0.6) is 0 Å². The first-order chi connectivity index (χ1) is 14.1. The van der Waals surface area contributed by atoms with E-state index in [9.17, 15) is 14.7 Å². The summed E-state index contributed by atoms with van der Waals surface area (Å²) < 4.78 is 5.66. The number of aromatic amines is 1. The molecule has 1 aliphatic carbocycles. The summed E-state index contributed by atoms with van der Waals surface area (Å²) in [5.74, 6) is -1.86. The summed E-state index contributed by atoms with van der Waals surface area (Å²) in [7, 11) is 0. The van der Waals surface area contributed by atoms with Crippen LogP contribution in [0.2, 0.25) is 0 Å². The number of carbonyl (C=O) groups is 2. The van der Waals surface area contributed by atoms with Gasteiger partial charge in [0.2, 0.25) is 0 Å². The second-order valence-electron chi connectivity index (χ2n) is 7.38. The first-order valence-corrected chi connectivity index (χ1v) is 9.48. The molecule has 2 heterocycles. The Hall–Kier alpha value is -3.61. The Balaban J connectivity index is 1.35. The predicted octanol–water partition coefficient (Wildman–Crippen LogP) is 3.34. The zero-order chi connectivity index (χ0) is 20.0. The van der Waals surface area contributed by atoms with Gasteiger partial charge in [-0.25, -0.2) is 4.79 Å². The molecule has 7 nitrogen and oxygen atoms in total. The van der Waals surface area contributed by atoms with Crippen LogP contribution in [0.25, 0.3) is 11.1 Å². The van der Waals surface area contributed by atoms with Crippen molar-refractivity contribution in [1.29, 1.82) is 0 Å². The van der Waals surface area contributed by atoms with E-state index in [2.05, 4.69) is 34.5 Å². The second kappa shape index (κ2) is 6.77. The van der Waals surface area contributed by atoms with Crippen LogP contribution in [0.15, 0.2) is 54.7 Å². The molecule has 1 unspecified atom stereocenters. The van der Waals surface area contributed by atoms with E-state index in [1.54, 1.807) is 6.20 Å². The Labute approximate surface area is 166 Å². The van der Waals surface area contributed by atoms with Gasteiger partial charge in [0.05, 0.1) is 18.4 Å². The Morgan fingerprint density at radius 2 is 1.76 bits per heavy atom. The van der Waals surface area contributed by atoms with Crippen LogP contribution in [-0.4, -0.2) is 45.4 Å². The number of nitrogens with zero attached hydrogens (tertiary/aromatic N) is 2. The Morgan fingerprint density at radius 1 is 1.10 bits per heavy atom. The lowest BCUT2D eigenvalue weighted by Gasteiger charge is -2.30. The van der Waals surface area contributed by atoms with E-state index in [0.717, 1.165) is 22.3 Å². The highest BCUT2D eigenvalue weighted by Crippen LogP contribution is 2.44. The first-order valence-electron chi connectivity index (χ1n) is 9.48. The minimum Gasteiger partial charge on any atom is -0.481 e. The molecule has 2 N–H and O–H groups in total. The molecule has 1 atom stereocenters. The predicted molar refractivity (Wildman–Crippen MR) is 104 cm³/mol. The summed E-state index contributed by atoms with van der Waals surface area (Å²) in [6, 6.07) is 16.3. The number of carboxylic acid groups (broad SMARTS) is 1. The first kappa shape index (κ1) is 17.5. The fourth-order valence-corrected chi connectivity index (χ4v) is 4.36. The van der Waals surface area contributed by atoms with E-state index in [-0.39, 0.29) is 25.6 Å². The molecule has 0 radical (unpaired) electrons. The Morgan fingerprint density at radius 3 is 2.41 bits per heavy atom. The molecular formula is C22H19N3O4. The Kier molecular flexibility index (Phi) is 4.08. The van der Waals surface area contributed by atoms with E-state index in [1.807, 2.05) is 24.3 Å². The smallest absolute Gasteiger partial charge is 0.410 e. The number of amides is 1. The van der Waals surface area contributed by atoms with Gasteiger partial charge in [0.1, 0.15) is 12.5 Å². The van der Waals surface area contributed by atoms with Gasteiger partial charge in [0, 0.05) is 18.0 Å². The number of H-pyrrole nitrogens is 1. The average molecular weight is 389 g/mol. The van der Waals surface area contributed by atoms with Crippen molar-refractivity contribution >= 4 is 12.1 Å².